The lowest BCUT2D eigenvalue weighted by atomic mass is 10.2. The molecule has 0 aliphatic carbocycles. The number of nitrogens with zero attached hydrogens (tertiary/aromatic N) is 5. The summed E-state index contributed by atoms with van der Waals surface area (Å²) in [6.07, 6.45) is 7.97. The third-order valence-electron chi connectivity index (χ3n) is 4.77. The number of H-pyrrole nitrogens is 1. The molecule has 4 unspecified atom stereocenters. The fourth-order valence-electron chi connectivity index (χ4n) is 3.26. The number of carbonyl (C=O) groups is 1. The summed E-state index contributed by atoms with van der Waals surface area (Å²) < 4.78 is 19.8. The first kappa shape index (κ1) is 20.0. The predicted molar refractivity (Wildman–Crippen MR) is 115 cm³/mol. The van der Waals surface area contributed by atoms with Gasteiger partial charge in [0.15, 0.2) is 17.0 Å². The molecule has 4 N–H and O–H groups in total. The number of carbonyl (C=O) groups excluding carboxylic acids is 1. The molecule has 0 saturated carbocycles. The zero-order valence-corrected chi connectivity index (χ0v) is 17.4. The molecule has 1 amide bonds. The molecule has 4 heterocycles. The third kappa shape index (κ3) is 5.05. The molecule has 3 aromatic heterocycles. The van der Waals surface area contributed by atoms with Crippen LogP contribution in [0, 0.1) is 0 Å². The first-order valence-electron chi connectivity index (χ1n) is 10.1. The smallest absolute Gasteiger partial charge is 0.244 e. The minimum Gasteiger partial charge on any atom is -0.390 e. The van der Waals surface area contributed by atoms with Crippen molar-refractivity contribution in [1.82, 2.24) is 34.8 Å². The molecule has 12 nitrogen and oxygen atoms in total. The monoisotopic (exact) mass is 448 g/mol. The van der Waals surface area contributed by atoms with Gasteiger partial charge in [0, 0.05) is 35.0 Å². The van der Waals surface area contributed by atoms with Crippen LogP contribution < -0.4 is 10.6 Å². The van der Waals surface area contributed by atoms with Crippen LogP contribution in [-0.4, -0.2) is 73.7 Å². The lowest BCUT2D eigenvalue weighted by Gasteiger charge is -2.14. The van der Waals surface area contributed by atoms with Crippen LogP contribution in [0.4, 0.5) is 5.82 Å². The predicted octanol–water partition coefficient (Wildman–Crippen LogP) is 0.246. The Bertz CT molecular complexity index is 1060. The van der Waals surface area contributed by atoms with Gasteiger partial charge in [0.25, 0.3) is 0 Å². The molecule has 0 radical (unpaired) electrons. The number of amides is 1. The molecule has 31 heavy (non-hydrogen) atoms. The Labute approximate surface area is 181 Å². The van der Waals surface area contributed by atoms with E-state index in [4.69, 9.17) is 10.5 Å². The molecule has 1 aliphatic rings. The maximum absolute atomic E-state index is 11.9. The average molecular weight is 448 g/mol. The summed E-state index contributed by atoms with van der Waals surface area (Å²) in [6.45, 7) is 0.986. The van der Waals surface area contributed by atoms with Gasteiger partial charge in [-0.1, -0.05) is 0 Å². The summed E-state index contributed by atoms with van der Waals surface area (Å²) in [7, 11) is -0.409. The van der Waals surface area contributed by atoms with Crippen LogP contribution in [0.5, 0.6) is 0 Å². The molecule has 1 fully saturated rings. The standard InChI is InChI=1S/C18H23N8O4P/c27-12-5-15(30-13(12)7-29-31)26-10-25-16-17(23-9-24-18(16)26)21-4-3-20-14(28)2-1-11-6-19-8-22-11/h1-2,6,8-10,12-13,15,27H,3-5,7,31H2,(H,19,22)(H,20,28)(H,21,23,24)/b2-1+/i31T. The van der Waals surface area contributed by atoms with Crippen molar-refractivity contribution in [2.45, 2.75) is 24.9 Å². The van der Waals surface area contributed by atoms with Crippen molar-refractivity contribution < 1.29 is 19.2 Å². The molecule has 0 spiro atoms. The van der Waals surface area contributed by atoms with E-state index in [2.05, 4.69) is 35.6 Å². The second-order valence-corrected chi connectivity index (χ2v) is 7.14. The van der Waals surface area contributed by atoms with E-state index in [9.17, 15) is 9.90 Å². The molecule has 0 bridgehead atoms. The minimum atomic E-state index is -0.695. The first-order valence-corrected chi connectivity index (χ1v) is 10.0. The normalized spacial score (nSPS) is 22.0. The van der Waals surface area contributed by atoms with E-state index in [0.29, 0.717) is 36.5 Å². The Morgan fingerprint density at radius 3 is 3.26 bits per heavy atom. The number of nitrogens with one attached hydrogen (secondary N) is 3. The zero-order chi connectivity index (χ0) is 22.3. The Hall–Kier alpha value is -2.92. The minimum absolute atomic E-state index is 0.164. The number of ether oxygens (including phenoxy) is 1. The highest BCUT2D eigenvalue weighted by Gasteiger charge is 2.35. The molecule has 164 valence electrons. The van der Waals surface area contributed by atoms with Gasteiger partial charge in [-0.25, -0.2) is 19.9 Å². The van der Waals surface area contributed by atoms with Gasteiger partial charge in [0.1, 0.15) is 18.7 Å². The van der Waals surface area contributed by atoms with Gasteiger partial charge in [-0.15, -0.1) is 0 Å². The van der Waals surface area contributed by atoms with Crippen molar-refractivity contribution in [3.8, 4) is 0 Å². The number of hydrogen-bond acceptors (Lipinski definition) is 9. The van der Waals surface area contributed by atoms with Crippen LogP contribution in [0.25, 0.3) is 17.2 Å². The fourth-order valence-corrected chi connectivity index (χ4v) is 3.42. The topological polar surface area (TPSA) is 152 Å². The number of aliphatic hydroxyl groups excluding tert-OH is 1. The van der Waals surface area contributed by atoms with E-state index >= 15 is 0 Å². The van der Waals surface area contributed by atoms with Crippen molar-refractivity contribution in [2.75, 3.05) is 25.0 Å². The van der Waals surface area contributed by atoms with E-state index in [-0.39, 0.29) is 12.5 Å². The van der Waals surface area contributed by atoms with Crippen molar-refractivity contribution >= 4 is 38.4 Å². The molecule has 13 heteroatoms. The van der Waals surface area contributed by atoms with E-state index in [1.807, 2.05) is 0 Å². The summed E-state index contributed by atoms with van der Waals surface area (Å²) >= 11 is 0. The molecule has 1 aliphatic heterocycles. The van der Waals surface area contributed by atoms with Crippen molar-refractivity contribution in [3.63, 3.8) is 0 Å². The Kier molecular flexibility index (Phi) is 6.41. The number of aromatic amines is 1. The Balaban J connectivity index is 1.33. The zero-order valence-electron chi connectivity index (χ0n) is 17.4. The lowest BCUT2D eigenvalue weighted by molar-refractivity contribution is -0.116. The second kappa shape index (κ2) is 9.92. The molecule has 3 aromatic rings. The molecule has 0 aromatic carbocycles. The second-order valence-electron chi connectivity index (χ2n) is 6.85. The maximum atomic E-state index is 11.9. The van der Waals surface area contributed by atoms with Crippen LogP contribution in [0.3, 0.4) is 0 Å². The van der Waals surface area contributed by atoms with Gasteiger partial charge in [0.05, 0.1) is 38.5 Å². The number of fused-ring (bicyclic) bond motifs is 1. The summed E-state index contributed by atoms with van der Waals surface area (Å²) in [5.74, 6) is 0.310. The van der Waals surface area contributed by atoms with Gasteiger partial charge < -0.3 is 30.0 Å². The molecular formula is C18H23N8O4P. The van der Waals surface area contributed by atoms with Crippen LogP contribution >= 0.6 is 9.41 Å². The molecule has 1 saturated heterocycles. The largest absolute Gasteiger partial charge is 0.390 e. The highest BCUT2D eigenvalue weighted by molar-refractivity contribution is 7.09. The van der Waals surface area contributed by atoms with Gasteiger partial charge in [-0.05, 0) is 6.08 Å². The van der Waals surface area contributed by atoms with E-state index < -0.39 is 27.8 Å². The SMILES string of the molecule is [3H]POCC1OC(n2cnc3c(NCCNC(=O)/C=C/c4cnc[nH]4)ncnc32)CC1O. The van der Waals surface area contributed by atoms with Gasteiger partial charge in [-0.2, -0.15) is 0 Å². The van der Waals surface area contributed by atoms with Crippen molar-refractivity contribution in [3.05, 3.63) is 36.9 Å². The van der Waals surface area contributed by atoms with Crippen LogP contribution in [0.2, 0.25) is 0 Å². The summed E-state index contributed by atoms with van der Waals surface area (Å²) in [4.78, 5) is 31.6. The number of hydrogen-bond donors (Lipinski definition) is 4. The summed E-state index contributed by atoms with van der Waals surface area (Å²) in [5.41, 5.74) is 1.87. The number of rotatable bonds is 10. The van der Waals surface area contributed by atoms with Crippen molar-refractivity contribution in [2.24, 2.45) is 0 Å². The molecular weight excluding hydrogens is 423 g/mol. The highest BCUT2D eigenvalue weighted by Crippen LogP contribution is 2.32. The van der Waals surface area contributed by atoms with E-state index in [0.717, 1.165) is 5.69 Å². The number of imidazole rings is 2. The van der Waals surface area contributed by atoms with Crippen molar-refractivity contribution in [1.29, 1.82) is 1.28 Å². The first-order chi connectivity index (χ1) is 15.7. The fraction of sp³-hybridized carbons (Fsp3) is 0.389. The third-order valence-corrected chi connectivity index (χ3v) is 4.94. The van der Waals surface area contributed by atoms with E-state index in [1.54, 1.807) is 29.5 Å². The summed E-state index contributed by atoms with van der Waals surface area (Å²) in [5, 5.41) is 16.1. The number of anilines is 1. The van der Waals surface area contributed by atoms with Gasteiger partial charge >= 0.3 is 0 Å². The molecule has 4 atom stereocenters. The van der Waals surface area contributed by atoms with Crippen LogP contribution in [0.1, 0.15) is 18.3 Å². The summed E-state index contributed by atoms with van der Waals surface area (Å²) in [6, 6.07) is 0. The van der Waals surface area contributed by atoms with Crippen LogP contribution in [0.15, 0.2) is 31.3 Å². The maximum Gasteiger partial charge on any atom is 0.244 e. The number of aromatic nitrogens is 6. The quantitative estimate of drug-likeness (QED) is 0.194. The molecule has 4 rings (SSSR count). The van der Waals surface area contributed by atoms with Gasteiger partial charge in [-0.3, -0.25) is 9.36 Å². The number of aliphatic hydroxyl groups is 1. The Morgan fingerprint density at radius 2 is 2.42 bits per heavy atom. The van der Waals surface area contributed by atoms with E-state index in [1.165, 1.54) is 12.4 Å². The van der Waals surface area contributed by atoms with Gasteiger partial charge in [0.2, 0.25) is 5.91 Å². The average Bonchev–Trinajstić information content (AvgIpc) is 3.54. The lowest BCUT2D eigenvalue weighted by Crippen LogP contribution is -2.27. The Morgan fingerprint density at radius 1 is 1.48 bits per heavy atom. The van der Waals surface area contributed by atoms with Crippen LogP contribution in [-0.2, 0) is 14.1 Å². The highest BCUT2D eigenvalue weighted by atomic mass is 31.0.